The van der Waals surface area contributed by atoms with E-state index in [2.05, 4.69) is 10.3 Å². The minimum absolute atomic E-state index is 0.531. The van der Waals surface area contributed by atoms with Crippen molar-refractivity contribution < 1.29 is 5.11 Å². The molecule has 3 heterocycles. The quantitative estimate of drug-likeness (QED) is 0.393. The zero-order valence-corrected chi connectivity index (χ0v) is 13.5. The average Bonchev–Trinajstić information content (AvgIpc) is 2.90. The predicted molar refractivity (Wildman–Crippen MR) is 91.2 cm³/mol. The van der Waals surface area contributed by atoms with Gasteiger partial charge in [0.05, 0.1) is 12.1 Å². The fraction of sp³-hybridized carbons (Fsp3) is 0.250. The van der Waals surface area contributed by atoms with Crippen LogP contribution in [0.5, 0.6) is 0 Å². The summed E-state index contributed by atoms with van der Waals surface area (Å²) in [4.78, 5) is 6.63. The number of nitrogens with two attached hydrogens (primary N) is 1. The molecule has 1 aliphatic heterocycles. The van der Waals surface area contributed by atoms with Crippen LogP contribution in [0.2, 0.25) is 0 Å². The van der Waals surface area contributed by atoms with Crippen LogP contribution in [0.15, 0.2) is 40.3 Å². The van der Waals surface area contributed by atoms with Crippen LogP contribution in [-0.4, -0.2) is 32.6 Å². The lowest BCUT2D eigenvalue weighted by atomic mass is 10.1. The number of hydrogen-bond donors (Lipinski definition) is 3. The van der Waals surface area contributed by atoms with E-state index in [0.29, 0.717) is 13.1 Å². The van der Waals surface area contributed by atoms with Gasteiger partial charge in [-0.15, -0.1) is 0 Å². The molecule has 0 spiro atoms. The first-order valence-corrected chi connectivity index (χ1v) is 8.30. The number of pyridine rings is 1. The standard InChI is InChI=1S/C16H17N5OS/c1-9(22)18-7-8-21-11-5-4-10(17)16-13(11)15(20-21)14-12(23-16)3-2-6-19-14/h2-6,9,18,22H,7-8,17H2,1H3. The second-order valence-electron chi connectivity index (χ2n) is 5.53. The van der Waals surface area contributed by atoms with Gasteiger partial charge in [0, 0.05) is 33.6 Å². The van der Waals surface area contributed by atoms with Gasteiger partial charge in [-0.3, -0.25) is 15.0 Å². The number of nitrogens with zero attached hydrogens (tertiary/aromatic N) is 3. The molecule has 0 saturated heterocycles. The lowest BCUT2D eigenvalue weighted by Crippen LogP contribution is -2.29. The number of hydrogen-bond acceptors (Lipinski definition) is 6. The first kappa shape index (κ1) is 14.5. The molecule has 1 aliphatic rings. The van der Waals surface area contributed by atoms with E-state index >= 15 is 0 Å². The van der Waals surface area contributed by atoms with Gasteiger partial charge < -0.3 is 10.8 Å². The maximum absolute atomic E-state index is 9.35. The third-order valence-electron chi connectivity index (χ3n) is 3.87. The molecule has 1 aromatic carbocycles. The highest BCUT2D eigenvalue weighted by Crippen LogP contribution is 2.48. The third kappa shape index (κ3) is 2.37. The van der Waals surface area contributed by atoms with E-state index in [0.717, 1.165) is 37.8 Å². The first-order valence-electron chi connectivity index (χ1n) is 7.49. The van der Waals surface area contributed by atoms with Gasteiger partial charge in [-0.05, 0) is 31.2 Å². The van der Waals surface area contributed by atoms with E-state index in [1.165, 1.54) is 0 Å². The molecule has 7 heteroatoms. The number of anilines is 1. The Bertz CT molecular complexity index is 890. The van der Waals surface area contributed by atoms with Crippen molar-refractivity contribution >= 4 is 28.4 Å². The molecule has 118 valence electrons. The second kappa shape index (κ2) is 5.52. The van der Waals surface area contributed by atoms with E-state index in [-0.39, 0.29) is 0 Å². The van der Waals surface area contributed by atoms with Crippen molar-refractivity contribution in [3.05, 3.63) is 30.5 Å². The molecule has 0 radical (unpaired) electrons. The van der Waals surface area contributed by atoms with Crippen molar-refractivity contribution in [1.29, 1.82) is 0 Å². The van der Waals surface area contributed by atoms with Gasteiger partial charge in [0.1, 0.15) is 17.6 Å². The smallest absolute Gasteiger partial charge is 0.121 e. The van der Waals surface area contributed by atoms with Gasteiger partial charge in [-0.2, -0.15) is 5.10 Å². The number of benzene rings is 1. The lowest BCUT2D eigenvalue weighted by Gasteiger charge is -2.15. The fourth-order valence-corrected chi connectivity index (χ4v) is 3.94. The van der Waals surface area contributed by atoms with Gasteiger partial charge in [-0.25, -0.2) is 0 Å². The summed E-state index contributed by atoms with van der Waals surface area (Å²) in [6.45, 7) is 3.00. The van der Waals surface area contributed by atoms with E-state index < -0.39 is 6.23 Å². The van der Waals surface area contributed by atoms with Crippen LogP contribution < -0.4 is 11.1 Å². The van der Waals surface area contributed by atoms with Gasteiger partial charge in [0.15, 0.2) is 0 Å². The molecular weight excluding hydrogens is 310 g/mol. The van der Waals surface area contributed by atoms with Crippen LogP contribution in [0.3, 0.4) is 0 Å². The second-order valence-corrected chi connectivity index (χ2v) is 6.58. The molecule has 0 aliphatic carbocycles. The minimum atomic E-state index is -0.531. The van der Waals surface area contributed by atoms with Gasteiger partial charge >= 0.3 is 0 Å². The summed E-state index contributed by atoms with van der Waals surface area (Å²) in [7, 11) is 0. The third-order valence-corrected chi connectivity index (χ3v) is 5.07. The molecule has 0 amide bonds. The Balaban J connectivity index is 1.86. The van der Waals surface area contributed by atoms with Gasteiger partial charge in [0.25, 0.3) is 0 Å². The Morgan fingerprint density at radius 1 is 1.35 bits per heavy atom. The predicted octanol–water partition coefficient (Wildman–Crippen LogP) is 2.07. The Morgan fingerprint density at radius 3 is 3.04 bits per heavy atom. The van der Waals surface area contributed by atoms with Gasteiger partial charge in [0.2, 0.25) is 0 Å². The molecule has 0 saturated carbocycles. The summed E-state index contributed by atoms with van der Waals surface area (Å²) in [6.07, 6.45) is 1.26. The summed E-state index contributed by atoms with van der Waals surface area (Å²) in [5, 5.41) is 18.2. The minimum Gasteiger partial charge on any atom is -0.398 e. The molecule has 4 rings (SSSR count). The maximum Gasteiger partial charge on any atom is 0.121 e. The highest BCUT2D eigenvalue weighted by molar-refractivity contribution is 8.00. The molecule has 1 atom stereocenters. The van der Waals surface area contributed by atoms with Crippen LogP contribution in [0.4, 0.5) is 5.69 Å². The molecule has 2 aromatic heterocycles. The zero-order chi connectivity index (χ0) is 16.0. The number of nitrogens with one attached hydrogen (secondary N) is 1. The Labute approximate surface area is 137 Å². The normalized spacial score (nSPS) is 14.0. The molecule has 3 aromatic rings. The molecule has 0 fully saturated rings. The van der Waals surface area contributed by atoms with Crippen molar-refractivity contribution in [2.24, 2.45) is 0 Å². The van der Waals surface area contributed by atoms with Crippen LogP contribution in [-0.2, 0) is 6.54 Å². The monoisotopic (exact) mass is 327 g/mol. The summed E-state index contributed by atoms with van der Waals surface area (Å²) < 4.78 is 1.95. The van der Waals surface area contributed by atoms with Crippen molar-refractivity contribution in [3.8, 4) is 11.4 Å². The molecule has 4 N–H and O–H groups in total. The molecule has 6 nitrogen and oxygen atoms in total. The molecular formula is C16H17N5OS. The largest absolute Gasteiger partial charge is 0.398 e. The topological polar surface area (TPSA) is 89.0 Å². The first-order chi connectivity index (χ1) is 11.1. The number of rotatable bonds is 4. The highest BCUT2D eigenvalue weighted by Gasteiger charge is 2.26. The number of aliphatic hydroxyl groups is 1. The molecule has 23 heavy (non-hydrogen) atoms. The molecule has 1 unspecified atom stereocenters. The van der Waals surface area contributed by atoms with Crippen molar-refractivity contribution in [1.82, 2.24) is 20.1 Å². The SMILES string of the molecule is CC(O)NCCn1nc2c3c(c(N)ccc31)Sc1cccnc1-2. The van der Waals surface area contributed by atoms with E-state index in [4.69, 9.17) is 10.8 Å². The summed E-state index contributed by atoms with van der Waals surface area (Å²) >= 11 is 1.65. The van der Waals surface area contributed by atoms with Crippen LogP contribution in [0, 0.1) is 0 Å². The Morgan fingerprint density at radius 2 is 2.22 bits per heavy atom. The van der Waals surface area contributed by atoms with Crippen molar-refractivity contribution in [2.75, 3.05) is 12.3 Å². The molecule has 0 bridgehead atoms. The average molecular weight is 327 g/mol. The Kier molecular flexibility index (Phi) is 3.48. The van der Waals surface area contributed by atoms with Crippen LogP contribution in [0.1, 0.15) is 6.92 Å². The summed E-state index contributed by atoms with van der Waals surface area (Å²) in [5.41, 5.74) is 9.78. The van der Waals surface area contributed by atoms with E-state index in [1.807, 2.05) is 28.9 Å². The highest BCUT2D eigenvalue weighted by atomic mass is 32.2. The van der Waals surface area contributed by atoms with Crippen LogP contribution >= 0.6 is 11.8 Å². The van der Waals surface area contributed by atoms with Crippen molar-refractivity contribution in [2.45, 2.75) is 29.5 Å². The lowest BCUT2D eigenvalue weighted by molar-refractivity contribution is 0.155. The Hall–Kier alpha value is -2.09. The van der Waals surface area contributed by atoms with Gasteiger partial charge in [-0.1, -0.05) is 11.8 Å². The number of aliphatic hydroxyl groups excluding tert-OH is 1. The van der Waals surface area contributed by atoms with Crippen LogP contribution in [0.25, 0.3) is 22.3 Å². The summed E-state index contributed by atoms with van der Waals surface area (Å²) in [5.74, 6) is 0. The fourth-order valence-electron chi connectivity index (χ4n) is 2.84. The number of fused-ring (bicyclic) bond motifs is 2. The van der Waals surface area contributed by atoms with E-state index in [1.54, 1.807) is 24.9 Å². The number of aromatic nitrogens is 3. The van der Waals surface area contributed by atoms with E-state index in [9.17, 15) is 5.11 Å². The van der Waals surface area contributed by atoms with Crippen molar-refractivity contribution in [3.63, 3.8) is 0 Å². The number of nitrogen functional groups attached to an aromatic ring is 1. The zero-order valence-electron chi connectivity index (χ0n) is 12.7. The maximum atomic E-state index is 9.35. The summed E-state index contributed by atoms with van der Waals surface area (Å²) in [6, 6.07) is 7.90.